The molecule has 0 amide bonds. The number of hydrogen-bond donors (Lipinski definition) is 1. The lowest BCUT2D eigenvalue weighted by atomic mass is 10.1. The van der Waals surface area contributed by atoms with Crippen molar-refractivity contribution in [3.8, 4) is 17.2 Å². The van der Waals surface area contributed by atoms with Crippen LogP contribution in [0.5, 0.6) is 17.2 Å². The first-order chi connectivity index (χ1) is 15.7. The minimum Gasteiger partial charge on any atom is -0.496 e. The minimum absolute atomic E-state index is 0.0625. The Hall–Kier alpha value is -2.43. The quantitative estimate of drug-likeness (QED) is 0.322. The third-order valence-electron chi connectivity index (χ3n) is 4.74. The SMILES string of the molecule is COc1cc(OCc2ccc(SC(F)(F)F)cc2)cc(OC)c1CNC(C)c1ncc(C)s1. The van der Waals surface area contributed by atoms with E-state index < -0.39 is 5.51 Å². The van der Waals surface area contributed by atoms with Gasteiger partial charge in [0.05, 0.1) is 25.8 Å². The second-order valence-corrected chi connectivity index (χ2v) is 9.60. The molecule has 3 rings (SSSR count). The number of thioether (sulfide) groups is 1. The van der Waals surface area contributed by atoms with Gasteiger partial charge in [-0.3, -0.25) is 0 Å². The maximum atomic E-state index is 12.5. The second kappa shape index (κ2) is 11.1. The van der Waals surface area contributed by atoms with Gasteiger partial charge in [-0.1, -0.05) is 12.1 Å². The second-order valence-electron chi connectivity index (χ2n) is 7.20. The van der Waals surface area contributed by atoms with Crippen LogP contribution in [-0.4, -0.2) is 24.7 Å². The van der Waals surface area contributed by atoms with Gasteiger partial charge < -0.3 is 19.5 Å². The van der Waals surface area contributed by atoms with Gasteiger partial charge >= 0.3 is 5.51 Å². The highest BCUT2D eigenvalue weighted by Gasteiger charge is 2.29. The average molecular weight is 499 g/mol. The number of aromatic nitrogens is 1. The monoisotopic (exact) mass is 498 g/mol. The summed E-state index contributed by atoms with van der Waals surface area (Å²) in [6, 6.07) is 9.69. The Kier molecular flexibility index (Phi) is 8.50. The molecule has 0 spiro atoms. The van der Waals surface area contributed by atoms with Gasteiger partial charge in [0.2, 0.25) is 0 Å². The predicted molar refractivity (Wildman–Crippen MR) is 124 cm³/mol. The van der Waals surface area contributed by atoms with Crippen molar-refractivity contribution in [2.24, 2.45) is 0 Å². The highest BCUT2D eigenvalue weighted by molar-refractivity contribution is 8.00. The van der Waals surface area contributed by atoms with E-state index in [1.807, 2.05) is 20.0 Å². The van der Waals surface area contributed by atoms with Crippen LogP contribution in [0, 0.1) is 6.92 Å². The fourth-order valence-electron chi connectivity index (χ4n) is 3.09. The number of ether oxygens (including phenoxy) is 3. The van der Waals surface area contributed by atoms with Crippen LogP contribution in [0.3, 0.4) is 0 Å². The Morgan fingerprint density at radius 1 is 1.09 bits per heavy atom. The number of nitrogens with zero attached hydrogens (tertiary/aromatic N) is 1. The summed E-state index contributed by atoms with van der Waals surface area (Å²) in [4.78, 5) is 5.71. The van der Waals surface area contributed by atoms with Crippen LogP contribution in [0.25, 0.3) is 0 Å². The van der Waals surface area contributed by atoms with E-state index in [9.17, 15) is 13.2 Å². The molecule has 5 nitrogen and oxygen atoms in total. The molecular formula is C23H25F3N2O3S2. The van der Waals surface area contributed by atoms with Crippen molar-refractivity contribution in [3.05, 3.63) is 63.6 Å². The van der Waals surface area contributed by atoms with Crippen LogP contribution in [0.4, 0.5) is 13.2 Å². The first kappa shape index (κ1) is 25.2. The van der Waals surface area contributed by atoms with Gasteiger partial charge in [-0.05, 0) is 43.3 Å². The average Bonchev–Trinajstić information content (AvgIpc) is 3.22. The molecule has 1 heterocycles. The summed E-state index contributed by atoms with van der Waals surface area (Å²) in [5, 5.41) is 4.45. The van der Waals surface area contributed by atoms with Crippen LogP contribution in [0.15, 0.2) is 47.5 Å². The molecule has 0 saturated heterocycles. The number of alkyl halides is 3. The lowest BCUT2D eigenvalue weighted by molar-refractivity contribution is -0.0328. The zero-order valence-corrected chi connectivity index (χ0v) is 20.3. The molecule has 3 aromatic rings. The first-order valence-corrected chi connectivity index (χ1v) is 11.7. The zero-order valence-electron chi connectivity index (χ0n) is 18.7. The standard InChI is InChI=1S/C23H25F3N2O3S2/c1-14-11-28-22(32-14)15(2)27-12-19-20(29-3)9-17(10-21(19)30-4)31-13-16-5-7-18(8-6-16)33-23(24,25)26/h5-11,15,27H,12-13H2,1-4H3. The summed E-state index contributed by atoms with van der Waals surface area (Å²) in [5.74, 6) is 1.75. The van der Waals surface area contributed by atoms with E-state index >= 15 is 0 Å². The van der Waals surface area contributed by atoms with E-state index in [0.29, 0.717) is 23.8 Å². The first-order valence-electron chi connectivity index (χ1n) is 10.1. The molecule has 1 unspecified atom stereocenters. The maximum Gasteiger partial charge on any atom is 0.446 e. The van der Waals surface area contributed by atoms with Crippen LogP contribution >= 0.6 is 23.1 Å². The van der Waals surface area contributed by atoms with Crippen molar-refractivity contribution in [2.45, 2.75) is 43.4 Å². The van der Waals surface area contributed by atoms with Gasteiger partial charge in [0.25, 0.3) is 0 Å². The van der Waals surface area contributed by atoms with Crippen LogP contribution in [0.1, 0.15) is 34.0 Å². The summed E-state index contributed by atoms with van der Waals surface area (Å²) in [5.41, 5.74) is -2.71. The van der Waals surface area contributed by atoms with Crippen LogP contribution in [0.2, 0.25) is 0 Å². The third-order valence-corrected chi connectivity index (χ3v) is 6.57. The van der Waals surface area contributed by atoms with E-state index in [0.717, 1.165) is 21.0 Å². The molecule has 0 aliphatic heterocycles. The van der Waals surface area contributed by atoms with E-state index in [4.69, 9.17) is 14.2 Å². The summed E-state index contributed by atoms with van der Waals surface area (Å²) >= 11 is 1.51. The molecule has 0 aliphatic carbocycles. The summed E-state index contributed by atoms with van der Waals surface area (Å²) in [6.45, 7) is 4.77. The van der Waals surface area contributed by atoms with Gasteiger partial charge in [0.1, 0.15) is 28.9 Å². The molecule has 1 N–H and O–H groups in total. The van der Waals surface area contributed by atoms with Gasteiger partial charge in [0.15, 0.2) is 0 Å². The number of methoxy groups -OCH3 is 2. The van der Waals surface area contributed by atoms with Crippen molar-refractivity contribution in [3.63, 3.8) is 0 Å². The molecule has 33 heavy (non-hydrogen) atoms. The highest BCUT2D eigenvalue weighted by atomic mass is 32.2. The normalized spacial score (nSPS) is 12.5. The largest absolute Gasteiger partial charge is 0.496 e. The number of thiazole rings is 1. The predicted octanol–water partition coefficient (Wildman–Crippen LogP) is 6.51. The lowest BCUT2D eigenvalue weighted by Crippen LogP contribution is -2.19. The Morgan fingerprint density at radius 2 is 1.73 bits per heavy atom. The Morgan fingerprint density at radius 3 is 2.24 bits per heavy atom. The zero-order chi connectivity index (χ0) is 24.0. The van der Waals surface area contributed by atoms with E-state index in [1.165, 1.54) is 12.1 Å². The van der Waals surface area contributed by atoms with Gasteiger partial charge in [-0.25, -0.2) is 4.98 Å². The number of halogens is 3. The number of hydrogen-bond acceptors (Lipinski definition) is 7. The Bertz CT molecular complexity index is 1030. The number of nitrogens with one attached hydrogen (secondary N) is 1. The van der Waals surface area contributed by atoms with Gasteiger partial charge in [0, 0.05) is 34.6 Å². The lowest BCUT2D eigenvalue weighted by Gasteiger charge is -2.18. The number of rotatable bonds is 10. The smallest absolute Gasteiger partial charge is 0.446 e. The molecule has 178 valence electrons. The summed E-state index contributed by atoms with van der Waals surface area (Å²) in [7, 11) is 3.15. The molecule has 0 bridgehead atoms. The summed E-state index contributed by atoms with van der Waals surface area (Å²) < 4.78 is 54.4. The Balaban J connectivity index is 1.67. The topological polar surface area (TPSA) is 52.6 Å². The van der Waals surface area contributed by atoms with Crippen molar-refractivity contribution < 1.29 is 27.4 Å². The van der Waals surface area contributed by atoms with Crippen LogP contribution in [-0.2, 0) is 13.2 Å². The molecule has 10 heteroatoms. The highest BCUT2D eigenvalue weighted by Crippen LogP contribution is 2.37. The molecule has 0 fully saturated rings. The molecular weight excluding hydrogens is 473 g/mol. The summed E-state index contributed by atoms with van der Waals surface area (Å²) in [6.07, 6.45) is 1.86. The van der Waals surface area contributed by atoms with Crippen molar-refractivity contribution in [1.29, 1.82) is 0 Å². The van der Waals surface area contributed by atoms with Gasteiger partial charge in [-0.2, -0.15) is 13.2 Å². The van der Waals surface area contributed by atoms with E-state index in [-0.39, 0.29) is 29.3 Å². The molecule has 0 saturated carbocycles. The van der Waals surface area contributed by atoms with Crippen LogP contribution < -0.4 is 19.5 Å². The fraction of sp³-hybridized carbons (Fsp3) is 0.348. The van der Waals surface area contributed by atoms with Gasteiger partial charge in [-0.15, -0.1) is 11.3 Å². The minimum atomic E-state index is -4.31. The van der Waals surface area contributed by atoms with E-state index in [1.54, 1.807) is 49.8 Å². The molecule has 2 aromatic carbocycles. The van der Waals surface area contributed by atoms with Crippen molar-refractivity contribution >= 4 is 23.1 Å². The number of aryl methyl sites for hydroxylation is 1. The Labute approximate surface area is 199 Å². The molecule has 1 atom stereocenters. The number of benzene rings is 2. The molecule has 0 aliphatic rings. The molecule has 0 radical (unpaired) electrons. The van der Waals surface area contributed by atoms with Crippen molar-refractivity contribution in [2.75, 3.05) is 14.2 Å². The maximum absolute atomic E-state index is 12.5. The third kappa shape index (κ3) is 7.28. The van der Waals surface area contributed by atoms with E-state index in [2.05, 4.69) is 10.3 Å². The van der Waals surface area contributed by atoms with Crippen molar-refractivity contribution in [1.82, 2.24) is 10.3 Å². The molecule has 1 aromatic heterocycles. The fourth-order valence-corrected chi connectivity index (χ4v) is 4.43.